The molecule has 1 fully saturated rings. The van der Waals surface area contributed by atoms with E-state index in [1.807, 2.05) is 12.1 Å². The van der Waals surface area contributed by atoms with Crippen molar-refractivity contribution in [3.05, 3.63) is 29.6 Å². The number of rotatable bonds is 11. The number of aliphatic hydroxyl groups is 1. The zero-order valence-electron chi connectivity index (χ0n) is 18.5. The lowest BCUT2D eigenvalue weighted by atomic mass is 9.95. The summed E-state index contributed by atoms with van der Waals surface area (Å²) in [5.41, 5.74) is 2.84. The summed E-state index contributed by atoms with van der Waals surface area (Å²) in [6, 6.07) is 6.50. The van der Waals surface area contributed by atoms with Gasteiger partial charge in [0.05, 0.1) is 11.0 Å². The van der Waals surface area contributed by atoms with Crippen LogP contribution in [0, 0.1) is 11.8 Å². The first-order valence-corrected chi connectivity index (χ1v) is 11.8. The number of aromatic nitrogens is 2. The molecule has 4 heteroatoms. The van der Waals surface area contributed by atoms with Crippen molar-refractivity contribution >= 4 is 16.8 Å². The minimum Gasteiger partial charge on any atom is -0.396 e. The molecule has 0 amide bonds. The van der Waals surface area contributed by atoms with Crippen LogP contribution in [0.3, 0.4) is 0 Å². The SMILES string of the molecule is CCC[C@@H](CO)CC(=O)c1ccc2c(c1)nc(CC1CCCC1)n2C(CC)CC. The second kappa shape index (κ2) is 10.4. The molecule has 1 aromatic heterocycles. The van der Waals surface area contributed by atoms with Crippen LogP contribution in [-0.4, -0.2) is 27.0 Å². The molecule has 0 bridgehead atoms. The van der Waals surface area contributed by atoms with Crippen LogP contribution < -0.4 is 0 Å². The monoisotopic (exact) mass is 398 g/mol. The van der Waals surface area contributed by atoms with Gasteiger partial charge in [0.15, 0.2) is 5.78 Å². The molecular weight excluding hydrogens is 360 g/mol. The zero-order chi connectivity index (χ0) is 20.8. The van der Waals surface area contributed by atoms with E-state index in [1.54, 1.807) is 0 Å². The first kappa shape index (κ1) is 22.0. The molecule has 1 aliphatic carbocycles. The average Bonchev–Trinajstić information content (AvgIpc) is 3.36. The van der Waals surface area contributed by atoms with E-state index in [4.69, 9.17) is 4.98 Å². The van der Waals surface area contributed by atoms with Gasteiger partial charge in [0, 0.05) is 31.1 Å². The highest BCUT2D eigenvalue weighted by Gasteiger charge is 2.23. The van der Waals surface area contributed by atoms with Crippen LogP contribution in [0.4, 0.5) is 0 Å². The predicted molar refractivity (Wildman–Crippen MR) is 119 cm³/mol. The molecule has 2 aromatic rings. The van der Waals surface area contributed by atoms with E-state index in [9.17, 15) is 9.90 Å². The van der Waals surface area contributed by atoms with E-state index in [1.165, 1.54) is 31.5 Å². The van der Waals surface area contributed by atoms with Crippen molar-refractivity contribution in [2.24, 2.45) is 11.8 Å². The van der Waals surface area contributed by atoms with Crippen molar-refractivity contribution in [1.82, 2.24) is 9.55 Å². The lowest BCUT2D eigenvalue weighted by Gasteiger charge is -2.20. The molecular formula is C25H38N2O2. The minimum atomic E-state index is 0.0586. The molecule has 1 saturated carbocycles. The second-order valence-corrected chi connectivity index (χ2v) is 8.89. The number of nitrogens with zero attached hydrogens (tertiary/aromatic N) is 2. The predicted octanol–water partition coefficient (Wildman–Crippen LogP) is 6.11. The number of ketones is 1. The Balaban J connectivity index is 1.92. The Hall–Kier alpha value is -1.68. The maximum absolute atomic E-state index is 12.8. The van der Waals surface area contributed by atoms with Crippen molar-refractivity contribution in [1.29, 1.82) is 0 Å². The van der Waals surface area contributed by atoms with Gasteiger partial charge < -0.3 is 9.67 Å². The fourth-order valence-corrected chi connectivity index (χ4v) is 5.05. The number of imidazole rings is 1. The number of carbonyl (C=O) groups is 1. The van der Waals surface area contributed by atoms with E-state index >= 15 is 0 Å². The number of carbonyl (C=O) groups excluding carboxylic acids is 1. The lowest BCUT2D eigenvalue weighted by Crippen LogP contribution is -2.14. The highest BCUT2D eigenvalue weighted by molar-refractivity contribution is 5.99. The maximum Gasteiger partial charge on any atom is 0.163 e. The van der Waals surface area contributed by atoms with Crippen LogP contribution in [0.25, 0.3) is 11.0 Å². The molecule has 1 aromatic carbocycles. The Morgan fingerprint density at radius 2 is 1.93 bits per heavy atom. The number of Topliss-reactive ketones (excluding diaryl/α,β-unsaturated/α-hetero) is 1. The van der Waals surface area contributed by atoms with Crippen LogP contribution in [0.2, 0.25) is 0 Å². The topological polar surface area (TPSA) is 55.1 Å². The van der Waals surface area contributed by atoms with Crippen molar-refractivity contribution in [3.8, 4) is 0 Å². The number of aliphatic hydroxyl groups excluding tert-OH is 1. The van der Waals surface area contributed by atoms with Gasteiger partial charge in [0.1, 0.15) is 5.82 Å². The van der Waals surface area contributed by atoms with Crippen LogP contribution >= 0.6 is 0 Å². The van der Waals surface area contributed by atoms with Crippen LogP contribution in [0.5, 0.6) is 0 Å². The van der Waals surface area contributed by atoms with Gasteiger partial charge in [-0.1, -0.05) is 52.9 Å². The molecule has 3 rings (SSSR count). The molecule has 1 atom stereocenters. The largest absolute Gasteiger partial charge is 0.396 e. The first-order valence-electron chi connectivity index (χ1n) is 11.8. The van der Waals surface area contributed by atoms with E-state index in [2.05, 4.69) is 31.4 Å². The summed E-state index contributed by atoms with van der Waals surface area (Å²) >= 11 is 0. The first-order chi connectivity index (χ1) is 14.1. The summed E-state index contributed by atoms with van der Waals surface area (Å²) in [6.07, 6.45) is 10.9. The fourth-order valence-electron chi connectivity index (χ4n) is 5.05. The van der Waals surface area contributed by atoms with Crippen molar-refractivity contribution in [2.75, 3.05) is 6.61 Å². The minimum absolute atomic E-state index is 0.0586. The fraction of sp³-hybridized carbons (Fsp3) is 0.680. The number of hydrogen-bond acceptors (Lipinski definition) is 3. The standard InChI is InChI=1S/C25H38N2O2/c1-4-9-19(17-28)14-24(29)20-12-13-23-22(16-20)26-25(15-18-10-7-8-11-18)27(23)21(5-2)6-3/h12-13,16,18-19,21,28H,4-11,14-15,17H2,1-3H3/t19-/m1/s1. The van der Waals surface area contributed by atoms with Crippen molar-refractivity contribution in [2.45, 2.75) is 91.0 Å². The maximum atomic E-state index is 12.8. The van der Waals surface area contributed by atoms with Crippen molar-refractivity contribution < 1.29 is 9.90 Å². The molecule has 1 N–H and O–H groups in total. The van der Waals surface area contributed by atoms with Gasteiger partial charge in [0.25, 0.3) is 0 Å². The molecule has 0 saturated heterocycles. The van der Waals surface area contributed by atoms with Crippen LogP contribution in [0.1, 0.15) is 101 Å². The van der Waals surface area contributed by atoms with Gasteiger partial charge in [-0.25, -0.2) is 4.98 Å². The van der Waals surface area contributed by atoms with Crippen LogP contribution in [-0.2, 0) is 6.42 Å². The summed E-state index contributed by atoms with van der Waals surface area (Å²) in [6.45, 7) is 6.67. The number of benzene rings is 1. The highest BCUT2D eigenvalue weighted by atomic mass is 16.3. The Morgan fingerprint density at radius 3 is 2.55 bits per heavy atom. The molecule has 0 unspecified atom stereocenters. The number of fused-ring (bicyclic) bond motifs is 1. The normalized spacial score (nSPS) is 16.2. The van der Waals surface area contributed by atoms with Crippen LogP contribution in [0.15, 0.2) is 18.2 Å². The molecule has 1 heterocycles. The quantitative estimate of drug-likeness (QED) is 0.464. The Kier molecular flexibility index (Phi) is 7.88. The molecule has 1 aliphatic rings. The molecule has 0 aliphatic heterocycles. The van der Waals surface area contributed by atoms with Gasteiger partial charge >= 0.3 is 0 Å². The molecule has 4 nitrogen and oxygen atoms in total. The third kappa shape index (κ3) is 5.09. The van der Waals surface area contributed by atoms with Gasteiger partial charge in [-0.05, 0) is 49.3 Å². The highest BCUT2D eigenvalue weighted by Crippen LogP contribution is 2.32. The smallest absolute Gasteiger partial charge is 0.163 e. The third-order valence-corrected chi connectivity index (χ3v) is 6.77. The van der Waals surface area contributed by atoms with E-state index in [0.29, 0.717) is 12.5 Å². The summed E-state index contributed by atoms with van der Waals surface area (Å²) in [5, 5.41) is 9.55. The number of hydrogen-bond donors (Lipinski definition) is 1. The summed E-state index contributed by atoms with van der Waals surface area (Å²) in [4.78, 5) is 17.8. The Morgan fingerprint density at radius 1 is 1.21 bits per heavy atom. The van der Waals surface area contributed by atoms with Gasteiger partial charge in [0.2, 0.25) is 0 Å². The lowest BCUT2D eigenvalue weighted by molar-refractivity contribution is 0.0931. The molecule has 160 valence electrons. The second-order valence-electron chi connectivity index (χ2n) is 8.89. The summed E-state index contributed by atoms with van der Waals surface area (Å²) < 4.78 is 2.45. The van der Waals surface area contributed by atoms with Gasteiger partial charge in [-0.2, -0.15) is 0 Å². The van der Waals surface area contributed by atoms with Crippen molar-refractivity contribution in [3.63, 3.8) is 0 Å². The molecule has 0 radical (unpaired) electrons. The summed E-state index contributed by atoms with van der Waals surface area (Å²) in [7, 11) is 0. The van der Waals surface area contributed by atoms with Gasteiger partial charge in [-0.15, -0.1) is 0 Å². The summed E-state index contributed by atoms with van der Waals surface area (Å²) in [5.74, 6) is 2.13. The Bertz CT molecular complexity index is 801. The van der Waals surface area contributed by atoms with Gasteiger partial charge in [-0.3, -0.25) is 4.79 Å². The zero-order valence-corrected chi connectivity index (χ0v) is 18.5. The van der Waals surface area contributed by atoms with E-state index < -0.39 is 0 Å². The third-order valence-electron chi connectivity index (χ3n) is 6.77. The Labute approximate surface area is 175 Å². The van der Waals surface area contributed by atoms with E-state index in [-0.39, 0.29) is 18.3 Å². The molecule has 0 spiro atoms. The van der Waals surface area contributed by atoms with E-state index in [0.717, 1.165) is 54.6 Å². The average molecular weight is 399 g/mol. The molecule has 29 heavy (non-hydrogen) atoms.